The summed E-state index contributed by atoms with van der Waals surface area (Å²) in [4.78, 5) is 20.8. The number of halogens is 3. The summed E-state index contributed by atoms with van der Waals surface area (Å²) >= 11 is 12.1. The van der Waals surface area contributed by atoms with Crippen molar-refractivity contribution in [3.63, 3.8) is 0 Å². The van der Waals surface area contributed by atoms with Crippen LogP contribution in [0.15, 0.2) is 47.0 Å². The molecule has 0 unspecified atom stereocenters. The van der Waals surface area contributed by atoms with E-state index in [1.807, 2.05) is 4.90 Å². The van der Waals surface area contributed by atoms with Gasteiger partial charge in [-0.25, -0.2) is 4.39 Å². The first-order valence-corrected chi connectivity index (χ1v) is 9.85. The standard InChI is InChI=1S/C20H17Cl2FN4O2/c21-15-9-14(10-16(22)12-15)18-24-20(29-25-18)27-6-2-5-26(7-8-27)19(28)13-3-1-4-17(23)11-13/h1,3-4,9-12H,2,5-8H2. The van der Waals surface area contributed by atoms with Crippen LogP contribution in [0, 0.1) is 5.82 Å². The summed E-state index contributed by atoms with van der Waals surface area (Å²) in [5, 5.41) is 4.99. The van der Waals surface area contributed by atoms with Crippen LogP contribution >= 0.6 is 23.2 Å². The van der Waals surface area contributed by atoms with Crippen molar-refractivity contribution in [3.05, 3.63) is 63.9 Å². The lowest BCUT2D eigenvalue weighted by atomic mass is 10.2. The predicted molar refractivity (Wildman–Crippen MR) is 109 cm³/mol. The zero-order valence-corrected chi connectivity index (χ0v) is 16.8. The smallest absolute Gasteiger partial charge is 0.324 e. The quantitative estimate of drug-likeness (QED) is 0.605. The molecule has 0 bridgehead atoms. The Bertz CT molecular complexity index is 1020. The van der Waals surface area contributed by atoms with Crippen LogP contribution in [0.4, 0.5) is 10.4 Å². The Morgan fingerprint density at radius 3 is 2.59 bits per heavy atom. The van der Waals surface area contributed by atoms with Crippen molar-refractivity contribution in [2.45, 2.75) is 6.42 Å². The normalized spacial score (nSPS) is 14.7. The minimum absolute atomic E-state index is 0.189. The van der Waals surface area contributed by atoms with Gasteiger partial charge in [-0.15, -0.1) is 0 Å². The van der Waals surface area contributed by atoms with Gasteiger partial charge < -0.3 is 14.3 Å². The van der Waals surface area contributed by atoms with Crippen molar-refractivity contribution in [2.24, 2.45) is 0 Å². The summed E-state index contributed by atoms with van der Waals surface area (Å²) in [5.41, 5.74) is 1.01. The highest BCUT2D eigenvalue weighted by atomic mass is 35.5. The van der Waals surface area contributed by atoms with Gasteiger partial charge in [0.15, 0.2) is 0 Å². The SMILES string of the molecule is O=C(c1cccc(F)c1)N1CCCN(c2nc(-c3cc(Cl)cc(Cl)c3)no2)CC1. The molecule has 29 heavy (non-hydrogen) atoms. The lowest BCUT2D eigenvalue weighted by molar-refractivity contribution is 0.0766. The molecule has 0 atom stereocenters. The average molecular weight is 435 g/mol. The summed E-state index contributed by atoms with van der Waals surface area (Å²) in [5.74, 6) is -0.223. The maximum atomic E-state index is 13.4. The van der Waals surface area contributed by atoms with Crippen LogP contribution in [0.1, 0.15) is 16.8 Å². The first-order valence-electron chi connectivity index (χ1n) is 9.09. The van der Waals surface area contributed by atoms with Gasteiger partial charge in [0.25, 0.3) is 5.91 Å². The molecule has 2 aromatic carbocycles. The summed E-state index contributed by atoms with van der Waals surface area (Å²) in [6.07, 6.45) is 0.724. The number of carbonyl (C=O) groups excluding carboxylic acids is 1. The van der Waals surface area contributed by atoms with Gasteiger partial charge in [-0.3, -0.25) is 4.79 Å². The second-order valence-corrected chi connectivity index (χ2v) is 7.57. The Kier molecular flexibility index (Phi) is 5.69. The number of carbonyl (C=O) groups is 1. The third-order valence-electron chi connectivity index (χ3n) is 4.66. The second-order valence-electron chi connectivity index (χ2n) is 6.70. The van der Waals surface area contributed by atoms with E-state index in [1.165, 1.54) is 18.2 Å². The molecule has 1 amide bonds. The zero-order valence-electron chi connectivity index (χ0n) is 15.3. The van der Waals surface area contributed by atoms with Crippen molar-refractivity contribution in [1.82, 2.24) is 15.0 Å². The number of hydrogen-bond donors (Lipinski definition) is 0. The maximum absolute atomic E-state index is 13.4. The van der Waals surface area contributed by atoms with Gasteiger partial charge in [-0.1, -0.05) is 34.4 Å². The fourth-order valence-electron chi connectivity index (χ4n) is 3.26. The topological polar surface area (TPSA) is 62.5 Å². The number of rotatable bonds is 3. The first kappa shape index (κ1) is 19.7. The van der Waals surface area contributed by atoms with Crippen molar-refractivity contribution in [1.29, 1.82) is 0 Å². The molecule has 9 heteroatoms. The molecule has 1 aliphatic heterocycles. The van der Waals surface area contributed by atoms with Gasteiger partial charge in [0.05, 0.1) is 0 Å². The third-order valence-corrected chi connectivity index (χ3v) is 5.10. The molecule has 0 N–H and O–H groups in total. The maximum Gasteiger partial charge on any atom is 0.324 e. The Balaban J connectivity index is 1.46. The summed E-state index contributed by atoms with van der Waals surface area (Å²) in [7, 11) is 0. The fraction of sp³-hybridized carbons (Fsp3) is 0.250. The molecule has 3 aromatic rings. The van der Waals surface area contributed by atoms with E-state index in [0.717, 1.165) is 6.42 Å². The average Bonchev–Trinajstić information content (AvgIpc) is 3.05. The zero-order chi connectivity index (χ0) is 20.4. The molecule has 2 heterocycles. The number of anilines is 1. The van der Waals surface area contributed by atoms with E-state index in [-0.39, 0.29) is 5.91 Å². The van der Waals surface area contributed by atoms with E-state index in [9.17, 15) is 9.18 Å². The van der Waals surface area contributed by atoms with Crippen molar-refractivity contribution in [3.8, 4) is 11.4 Å². The number of nitrogens with zero attached hydrogens (tertiary/aromatic N) is 4. The fourth-order valence-corrected chi connectivity index (χ4v) is 3.79. The van der Waals surface area contributed by atoms with Gasteiger partial charge in [0.2, 0.25) is 5.82 Å². The minimum Gasteiger partial charge on any atom is -0.337 e. The molecule has 1 fully saturated rings. The number of benzene rings is 2. The van der Waals surface area contributed by atoms with Crippen LogP contribution < -0.4 is 4.90 Å². The van der Waals surface area contributed by atoms with Gasteiger partial charge in [0.1, 0.15) is 5.82 Å². The highest BCUT2D eigenvalue weighted by Gasteiger charge is 2.23. The van der Waals surface area contributed by atoms with Crippen molar-refractivity contribution >= 4 is 35.1 Å². The van der Waals surface area contributed by atoms with Crippen LogP contribution in [-0.2, 0) is 0 Å². The molecule has 0 radical (unpaired) electrons. The molecule has 0 spiro atoms. The summed E-state index contributed by atoms with van der Waals surface area (Å²) in [6, 6.07) is 11.2. The number of amides is 1. The number of aromatic nitrogens is 2. The molecular formula is C20H17Cl2FN4O2. The summed E-state index contributed by atoms with van der Waals surface area (Å²) in [6.45, 7) is 2.22. The Hall–Kier alpha value is -2.64. The Morgan fingerprint density at radius 2 is 1.83 bits per heavy atom. The molecular weight excluding hydrogens is 418 g/mol. The van der Waals surface area contributed by atoms with Crippen molar-refractivity contribution < 1.29 is 13.7 Å². The van der Waals surface area contributed by atoms with Gasteiger partial charge in [0, 0.05) is 47.4 Å². The highest BCUT2D eigenvalue weighted by molar-refractivity contribution is 6.35. The van der Waals surface area contributed by atoms with E-state index >= 15 is 0 Å². The van der Waals surface area contributed by atoms with E-state index in [1.54, 1.807) is 29.2 Å². The minimum atomic E-state index is -0.424. The number of hydrogen-bond acceptors (Lipinski definition) is 5. The molecule has 1 aromatic heterocycles. The van der Waals surface area contributed by atoms with Crippen LogP contribution in [0.2, 0.25) is 10.0 Å². The lowest BCUT2D eigenvalue weighted by Crippen LogP contribution is -2.35. The Morgan fingerprint density at radius 1 is 1.03 bits per heavy atom. The molecule has 4 rings (SSSR count). The largest absolute Gasteiger partial charge is 0.337 e. The molecule has 1 aliphatic rings. The monoisotopic (exact) mass is 434 g/mol. The van der Waals surface area contributed by atoms with E-state index < -0.39 is 5.82 Å². The van der Waals surface area contributed by atoms with E-state index in [2.05, 4.69) is 10.1 Å². The molecule has 0 saturated carbocycles. The molecule has 0 aliphatic carbocycles. The Labute approximate surface area is 176 Å². The van der Waals surface area contributed by atoms with E-state index in [4.69, 9.17) is 27.7 Å². The molecule has 1 saturated heterocycles. The van der Waals surface area contributed by atoms with Crippen LogP contribution in [0.3, 0.4) is 0 Å². The lowest BCUT2D eigenvalue weighted by Gasteiger charge is -2.21. The van der Waals surface area contributed by atoms with Crippen LogP contribution in [0.5, 0.6) is 0 Å². The van der Waals surface area contributed by atoms with Gasteiger partial charge in [-0.2, -0.15) is 4.98 Å². The highest BCUT2D eigenvalue weighted by Crippen LogP contribution is 2.27. The van der Waals surface area contributed by atoms with Crippen LogP contribution in [0.25, 0.3) is 11.4 Å². The second kappa shape index (κ2) is 8.39. The van der Waals surface area contributed by atoms with Crippen LogP contribution in [-0.4, -0.2) is 47.1 Å². The summed E-state index contributed by atoms with van der Waals surface area (Å²) < 4.78 is 18.8. The molecule has 150 valence electrons. The predicted octanol–water partition coefficient (Wildman–Crippen LogP) is 4.54. The van der Waals surface area contributed by atoms with Crippen molar-refractivity contribution in [2.75, 3.05) is 31.1 Å². The van der Waals surface area contributed by atoms with Gasteiger partial charge in [-0.05, 0) is 42.8 Å². The molecule has 6 nitrogen and oxygen atoms in total. The van der Waals surface area contributed by atoms with E-state index in [0.29, 0.717) is 59.2 Å². The first-order chi connectivity index (χ1) is 14.0. The third kappa shape index (κ3) is 4.52. The van der Waals surface area contributed by atoms with Gasteiger partial charge >= 0.3 is 6.01 Å².